The first-order chi connectivity index (χ1) is 15.7. The average Bonchev–Trinajstić information content (AvgIpc) is 3.46. The van der Waals surface area contributed by atoms with Crippen molar-refractivity contribution in [2.75, 3.05) is 21.3 Å². The van der Waals surface area contributed by atoms with Gasteiger partial charge in [-0.25, -0.2) is 9.67 Å². The maximum Gasteiger partial charge on any atom is 0.203 e. The number of ether oxygens (including phenoxy) is 3. The van der Waals surface area contributed by atoms with Crippen LogP contribution in [0.1, 0.15) is 10.6 Å². The summed E-state index contributed by atoms with van der Waals surface area (Å²) >= 11 is 1.60. The standard InChI is InChI=1S/C24H20N4O3S/c1-29-20-13-15(14-21(30-2)23(20)31-3)12-19(24-25-17-9-5-7-11-22(17)32-24)28-18-10-6-4-8-16(18)26-27-28/h4-14H,1-3H3/b19-12+. The lowest BCUT2D eigenvalue weighted by atomic mass is 10.1. The van der Waals surface area contributed by atoms with Gasteiger partial charge in [-0.15, -0.1) is 16.4 Å². The van der Waals surface area contributed by atoms with Crippen molar-refractivity contribution in [3.8, 4) is 17.2 Å². The zero-order valence-corrected chi connectivity index (χ0v) is 18.6. The highest BCUT2D eigenvalue weighted by Crippen LogP contribution is 2.39. The molecule has 5 rings (SSSR count). The summed E-state index contributed by atoms with van der Waals surface area (Å²) < 4.78 is 19.4. The summed E-state index contributed by atoms with van der Waals surface area (Å²) in [6.07, 6.45) is 2.00. The minimum atomic E-state index is 0.542. The number of nitrogens with zero attached hydrogens (tertiary/aromatic N) is 4. The minimum absolute atomic E-state index is 0.542. The Labute approximate surface area is 188 Å². The summed E-state index contributed by atoms with van der Waals surface area (Å²) in [5.74, 6) is 1.69. The molecule has 0 amide bonds. The maximum absolute atomic E-state index is 5.53. The molecule has 0 saturated heterocycles. The summed E-state index contributed by atoms with van der Waals surface area (Å²) in [5, 5.41) is 9.60. The second-order valence-corrected chi connectivity index (χ2v) is 8.00. The molecule has 0 fully saturated rings. The van der Waals surface area contributed by atoms with Crippen molar-refractivity contribution < 1.29 is 14.2 Å². The molecule has 32 heavy (non-hydrogen) atoms. The highest BCUT2D eigenvalue weighted by Gasteiger charge is 2.18. The molecule has 7 nitrogen and oxygen atoms in total. The smallest absolute Gasteiger partial charge is 0.203 e. The monoisotopic (exact) mass is 444 g/mol. The lowest BCUT2D eigenvalue weighted by Gasteiger charge is -2.13. The number of thiazole rings is 1. The van der Waals surface area contributed by atoms with Crippen LogP contribution in [-0.2, 0) is 0 Å². The van der Waals surface area contributed by atoms with Crippen LogP contribution in [0.3, 0.4) is 0 Å². The van der Waals surface area contributed by atoms with Gasteiger partial charge in [0.15, 0.2) is 11.5 Å². The average molecular weight is 445 g/mol. The van der Waals surface area contributed by atoms with E-state index in [1.165, 1.54) is 0 Å². The Hall–Kier alpha value is -3.91. The molecule has 3 aromatic carbocycles. The molecule has 0 atom stereocenters. The predicted molar refractivity (Wildman–Crippen MR) is 127 cm³/mol. The predicted octanol–water partition coefficient (Wildman–Crippen LogP) is 5.11. The number of rotatable bonds is 6. The van der Waals surface area contributed by atoms with Crippen LogP contribution in [0.15, 0.2) is 60.7 Å². The molecule has 0 radical (unpaired) electrons. The largest absolute Gasteiger partial charge is 0.493 e. The van der Waals surface area contributed by atoms with Crippen LogP contribution in [0.2, 0.25) is 0 Å². The Bertz CT molecular complexity index is 1400. The fraction of sp³-hybridized carbons (Fsp3) is 0.125. The van der Waals surface area contributed by atoms with Crippen molar-refractivity contribution in [3.05, 3.63) is 71.2 Å². The zero-order valence-electron chi connectivity index (χ0n) is 17.8. The van der Waals surface area contributed by atoms with Crippen LogP contribution in [0.25, 0.3) is 33.0 Å². The van der Waals surface area contributed by atoms with Crippen LogP contribution < -0.4 is 14.2 Å². The van der Waals surface area contributed by atoms with Gasteiger partial charge < -0.3 is 14.2 Å². The van der Waals surface area contributed by atoms with Gasteiger partial charge in [0.25, 0.3) is 0 Å². The quantitative estimate of drug-likeness (QED) is 0.362. The molecule has 0 spiro atoms. The first-order valence-corrected chi connectivity index (χ1v) is 10.7. The van der Waals surface area contributed by atoms with Gasteiger partial charge in [-0.2, -0.15) is 0 Å². The number of fused-ring (bicyclic) bond motifs is 2. The van der Waals surface area contributed by atoms with E-state index < -0.39 is 0 Å². The van der Waals surface area contributed by atoms with Gasteiger partial charge in [-0.1, -0.05) is 29.5 Å². The van der Waals surface area contributed by atoms with Gasteiger partial charge in [-0.3, -0.25) is 0 Å². The first-order valence-electron chi connectivity index (χ1n) is 9.90. The highest BCUT2D eigenvalue weighted by atomic mass is 32.1. The Morgan fingerprint density at radius 1 is 0.875 bits per heavy atom. The second-order valence-electron chi connectivity index (χ2n) is 6.96. The maximum atomic E-state index is 5.53. The van der Waals surface area contributed by atoms with E-state index in [1.54, 1.807) is 32.7 Å². The van der Waals surface area contributed by atoms with Crippen LogP contribution in [0, 0.1) is 0 Å². The van der Waals surface area contributed by atoms with E-state index in [0.717, 1.165) is 37.5 Å². The highest BCUT2D eigenvalue weighted by molar-refractivity contribution is 7.19. The molecule has 0 N–H and O–H groups in total. The van der Waals surface area contributed by atoms with E-state index >= 15 is 0 Å². The van der Waals surface area contributed by atoms with Crippen LogP contribution in [0.5, 0.6) is 17.2 Å². The Morgan fingerprint density at radius 3 is 2.25 bits per heavy atom. The van der Waals surface area contributed by atoms with Crippen molar-refractivity contribution in [2.24, 2.45) is 0 Å². The molecule has 0 bridgehead atoms. The second kappa shape index (κ2) is 8.32. The molecule has 0 aliphatic rings. The molecule has 5 aromatic rings. The fourth-order valence-electron chi connectivity index (χ4n) is 3.58. The third-order valence-electron chi connectivity index (χ3n) is 5.08. The van der Waals surface area contributed by atoms with E-state index in [-0.39, 0.29) is 0 Å². The molecule has 160 valence electrons. The van der Waals surface area contributed by atoms with Crippen LogP contribution >= 0.6 is 11.3 Å². The summed E-state index contributed by atoms with van der Waals surface area (Å²) in [6.45, 7) is 0. The van der Waals surface area contributed by atoms with E-state index in [4.69, 9.17) is 19.2 Å². The molecule has 2 heterocycles. The van der Waals surface area contributed by atoms with Crippen molar-refractivity contribution in [3.63, 3.8) is 0 Å². The lowest BCUT2D eigenvalue weighted by Crippen LogP contribution is -2.02. The number of para-hydroxylation sites is 2. The van der Waals surface area contributed by atoms with E-state index in [1.807, 2.05) is 65.4 Å². The van der Waals surface area contributed by atoms with Gasteiger partial charge >= 0.3 is 0 Å². The fourth-order valence-corrected chi connectivity index (χ4v) is 4.55. The Kier molecular flexibility index (Phi) is 5.20. The SMILES string of the molecule is COc1cc(/C=C(\c2nc3ccccc3s2)n2nnc3ccccc32)cc(OC)c1OC. The Morgan fingerprint density at radius 2 is 1.56 bits per heavy atom. The first kappa shape index (κ1) is 20.0. The zero-order chi connectivity index (χ0) is 22.1. The normalized spacial score (nSPS) is 11.8. The Balaban J connectivity index is 1.76. The van der Waals surface area contributed by atoms with Gasteiger partial charge in [0.05, 0.1) is 37.1 Å². The molecular formula is C24H20N4O3S. The number of hydrogen-bond donors (Lipinski definition) is 0. The summed E-state index contributed by atoms with van der Waals surface area (Å²) in [6, 6.07) is 19.7. The summed E-state index contributed by atoms with van der Waals surface area (Å²) in [7, 11) is 4.79. The van der Waals surface area contributed by atoms with Gasteiger partial charge in [0.1, 0.15) is 16.2 Å². The molecule has 0 aliphatic carbocycles. The number of hydrogen-bond acceptors (Lipinski definition) is 7. The molecular weight excluding hydrogens is 424 g/mol. The topological polar surface area (TPSA) is 71.3 Å². The van der Waals surface area contributed by atoms with E-state index in [9.17, 15) is 0 Å². The summed E-state index contributed by atoms with van der Waals surface area (Å²) in [5.41, 5.74) is 4.30. The molecule has 0 saturated carbocycles. The number of benzene rings is 3. The number of aromatic nitrogens is 4. The van der Waals surface area contributed by atoms with Gasteiger partial charge in [-0.05, 0) is 48.0 Å². The van der Waals surface area contributed by atoms with Gasteiger partial charge in [0.2, 0.25) is 5.75 Å². The summed E-state index contributed by atoms with van der Waals surface area (Å²) in [4.78, 5) is 4.87. The van der Waals surface area contributed by atoms with Crippen molar-refractivity contribution >= 4 is 44.4 Å². The lowest BCUT2D eigenvalue weighted by molar-refractivity contribution is 0.324. The van der Waals surface area contributed by atoms with E-state index in [2.05, 4.69) is 16.4 Å². The molecule has 0 aliphatic heterocycles. The molecule has 0 unspecified atom stereocenters. The van der Waals surface area contributed by atoms with Crippen LogP contribution in [0.4, 0.5) is 0 Å². The van der Waals surface area contributed by atoms with Gasteiger partial charge in [0, 0.05) is 0 Å². The van der Waals surface area contributed by atoms with Crippen molar-refractivity contribution in [1.82, 2.24) is 20.0 Å². The molecule has 8 heteroatoms. The van der Waals surface area contributed by atoms with Crippen molar-refractivity contribution in [1.29, 1.82) is 0 Å². The minimum Gasteiger partial charge on any atom is -0.493 e. The van der Waals surface area contributed by atoms with Crippen LogP contribution in [-0.4, -0.2) is 41.3 Å². The van der Waals surface area contributed by atoms with Crippen molar-refractivity contribution in [2.45, 2.75) is 0 Å². The third-order valence-corrected chi connectivity index (χ3v) is 6.14. The van der Waals surface area contributed by atoms with E-state index in [0.29, 0.717) is 17.2 Å². The molecule has 2 aromatic heterocycles. The third kappa shape index (κ3) is 3.44. The number of methoxy groups -OCH3 is 3.